The van der Waals surface area contributed by atoms with Crippen LogP contribution < -0.4 is 16.8 Å². The summed E-state index contributed by atoms with van der Waals surface area (Å²) < 4.78 is 7.89. The molecular weight excluding hydrogens is 496 g/mol. The summed E-state index contributed by atoms with van der Waals surface area (Å²) >= 11 is 0. The van der Waals surface area contributed by atoms with Gasteiger partial charge in [0.2, 0.25) is 5.96 Å². The number of rotatable bonds is 5. The Bertz CT molecular complexity index is 1690. The van der Waals surface area contributed by atoms with Gasteiger partial charge < -0.3 is 30.9 Å². The van der Waals surface area contributed by atoms with E-state index in [1.165, 1.54) is 13.4 Å². The third-order valence-electron chi connectivity index (χ3n) is 7.00. The van der Waals surface area contributed by atoms with Crippen LogP contribution in [0.25, 0.3) is 33.4 Å². The third-order valence-corrected chi connectivity index (χ3v) is 7.00. The van der Waals surface area contributed by atoms with Crippen LogP contribution in [0.1, 0.15) is 30.0 Å². The minimum Gasteiger partial charge on any atom is -0.423 e. The van der Waals surface area contributed by atoms with Crippen LogP contribution in [0.3, 0.4) is 0 Å². The first-order valence-electron chi connectivity index (χ1n) is 12.8. The van der Waals surface area contributed by atoms with Gasteiger partial charge in [0.05, 0.1) is 11.4 Å². The van der Waals surface area contributed by atoms with E-state index in [1.54, 1.807) is 0 Å². The van der Waals surface area contributed by atoms with Crippen molar-refractivity contribution in [3.8, 4) is 11.3 Å². The number of fused-ring (bicyclic) bond motifs is 2. The summed E-state index contributed by atoms with van der Waals surface area (Å²) in [5, 5.41) is 12.9. The van der Waals surface area contributed by atoms with Gasteiger partial charge in [0.1, 0.15) is 30.5 Å². The molecule has 6 rings (SSSR count). The summed E-state index contributed by atoms with van der Waals surface area (Å²) in [6.45, 7) is 5.49. The third kappa shape index (κ3) is 4.54. The molecule has 0 saturated carbocycles. The second-order valence-electron chi connectivity index (χ2n) is 9.78. The number of guanidine groups is 1. The van der Waals surface area contributed by atoms with Gasteiger partial charge in [-0.1, -0.05) is 18.2 Å². The molecule has 39 heavy (non-hydrogen) atoms. The Morgan fingerprint density at radius 3 is 2.79 bits per heavy atom. The van der Waals surface area contributed by atoms with Crippen molar-refractivity contribution < 1.29 is 9.25 Å². The zero-order chi connectivity index (χ0) is 27.1. The van der Waals surface area contributed by atoms with Crippen LogP contribution in [-0.2, 0) is 4.84 Å². The SMILES string of the molecule is CON=C(N)N1CCC[C@@H](n2nc(-c3ccc(Nc4nc5cc(C)cc(C)c5o4)cc3)c3c(N)ncnc32)C1. The quantitative estimate of drug-likeness (QED) is 0.173. The average molecular weight is 527 g/mol. The van der Waals surface area contributed by atoms with Gasteiger partial charge >= 0.3 is 0 Å². The number of likely N-dealkylation sites (tertiary alicyclic amines) is 1. The van der Waals surface area contributed by atoms with Crippen molar-refractivity contribution in [2.24, 2.45) is 10.9 Å². The van der Waals surface area contributed by atoms with Crippen molar-refractivity contribution >= 4 is 45.6 Å². The molecule has 0 bridgehead atoms. The van der Waals surface area contributed by atoms with Gasteiger partial charge in [-0.15, -0.1) is 0 Å². The van der Waals surface area contributed by atoms with Gasteiger partial charge in [0, 0.05) is 24.3 Å². The number of piperidine rings is 1. The van der Waals surface area contributed by atoms with Crippen molar-refractivity contribution in [3.05, 3.63) is 53.9 Å². The van der Waals surface area contributed by atoms with E-state index < -0.39 is 0 Å². The zero-order valence-electron chi connectivity index (χ0n) is 22.0. The molecule has 1 aliphatic heterocycles. The Morgan fingerprint density at radius 1 is 1.18 bits per heavy atom. The molecule has 5 aromatic rings. The van der Waals surface area contributed by atoms with E-state index in [0.717, 1.165) is 63.9 Å². The first-order chi connectivity index (χ1) is 18.9. The zero-order valence-corrected chi connectivity index (χ0v) is 22.0. The standard InChI is InChI=1S/C27H30N10O2/c1-15-11-16(2)23-20(12-15)33-27(39-23)32-18-8-6-17(7-9-18)22-21-24(28)30-14-31-25(21)37(34-22)19-5-4-10-36(13-19)26(29)35-38-3/h6-9,11-12,14,19H,4-5,10,13H2,1-3H3,(H2,29,35)(H,32,33)(H2,28,30,31)/t19-/m1/s1. The Balaban J connectivity index is 1.31. The maximum atomic E-state index is 6.34. The van der Waals surface area contributed by atoms with E-state index in [0.29, 0.717) is 30.0 Å². The number of nitrogens with zero attached hydrogens (tertiary/aromatic N) is 7. The predicted molar refractivity (Wildman–Crippen MR) is 150 cm³/mol. The van der Waals surface area contributed by atoms with Gasteiger partial charge in [-0.3, -0.25) is 0 Å². The summed E-state index contributed by atoms with van der Waals surface area (Å²) in [5.41, 5.74) is 19.4. The van der Waals surface area contributed by atoms with E-state index >= 15 is 0 Å². The molecule has 5 N–H and O–H groups in total. The maximum absolute atomic E-state index is 6.34. The van der Waals surface area contributed by atoms with Crippen molar-refractivity contribution in [3.63, 3.8) is 0 Å². The molecular formula is C27H30N10O2. The van der Waals surface area contributed by atoms with Crippen LogP contribution in [0.4, 0.5) is 17.5 Å². The lowest BCUT2D eigenvalue weighted by Crippen LogP contribution is -2.44. The maximum Gasteiger partial charge on any atom is 0.300 e. The Kier molecular flexibility index (Phi) is 6.14. The number of hydrogen-bond acceptors (Lipinski definition) is 9. The molecule has 12 nitrogen and oxygen atoms in total. The number of aryl methyl sites for hydroxylation is 2. The van der Waals surface area contributed by atoms with Crippen LogP contribution >= 0.6 is 0 Å². The first kappa shape index (κ1) is 24.5. The van der Waals surface area contributed by atoms with E-state index in [2.05, 4.69) is 31.5 Å². The number of anilines is 3. The van der Waals surface area contributed by atoms with E-state index in [9.17, 15) is 0 Å². The average Bonchev–Trinajstić information content (AvgIpc) is 3.52. The lowest BCUT2D eigenvalue weighted by atomic mass is 10.1. The Hall–Kier alpha value is -4.87. The number of nitrogens with two attached hydrogens (primary N) is 2. The van der Waals surface area contributed by atoms with Gasteiger partial charge in [-0.05, 0) is 61.2 Å². The summed E-state index contributed by atoms with van der Waals surface area (Å²) in [6.07, 6.45) is 3.32. The molecule has 0 aliphatic carbocycles. The molecule has 1 fully saturated rings. The highest BCUT2D eigenvalue weighted by molar-refractivity contribution is 5.98. The highest BCUT2D eigenvalue weighted by Gasteiger charge is 2.27. The molecule has 200 valence electrons. The molecule has 12 heteroatoms. The molecule has 1 aliphatic rings. The first-order valence-corrected chi connectivity index (χ1v) is 12.8. The Labute approximate surface area is 224 Å². The molecule has 0 spiro atoms. The number of nitrogens with one attached hydrogen (secondary N) is 1. The number of oxime groups is 1. The lowest BCUT2D eigenvalue weighted by Gasteiger charge is -2.33. The minimum absolute atomic E-state index is 0.0297. The van der Waals surface area contributed by atoms with Gasteiger partial charge in [-0.25, -0.2) is 14.6 Å². The van der Waals surface area contributed by atoms with Gasteiger partial charge in [-0.2, -0.15) is 10.1 Å². The van der Waals surface area contributed by atoms with Crippen LogP contribution in [0.5, 0.6) is 0 Å². The summed E-state index contributed by atoms with van der Waals surface area (Å²) in [7, 11) is 1.48. The second kappa shape index (κ2) is 9.78. The number of nitrogen functional groups attached to an aromatic ring is 1. The van der Waals surface area contributed by atoms with Gasteiger partial charge in [0.15, 0.2) is 11.2 Å². The van der Waals surface area contributed by atoms with Crippen LogP contribution in [0.2, 0.25) is 0 Å². The molecule has 0 amide bonds. The molecule has 1 atom stereocenters. The fraction of sp³-hybridized carbons (Fsp3) is 0.296. The highest BCUT2D eigenvalue weighted by Crippen LogP contribution is 2.34. The fourth-order valence-corrected chi connectivity index (χ4v) is 5.23. The molecule has 2 aromatic carbocycles. The van der Waals surface area contributed by atoms with Crippen molar-refractivity contribution in [2.75, 3.05) is 31.2 Å². The fourth-order valence-electron chi connectivity index (χ4n) is 5.23. The number of oxazole rings is 1. The topological polar surface area (TPSA) is 159 Å². The largest absolute Gasteiger partial charge is 0.423 e. The number of benzene rings is 2. The molecule has 3 aromatic heterocycles. The van der Waals surface area contributed by atoms with E-state index in [4.69, 9.17) is 25.8 Å². The predicted octanol–water partition coefficient (Wildman–Crippen LogP) is 4.09. The number of hydrogen-bond donors (Lipinski definition) is 3. The number of aromatic nitrogens is 5. The second-order valence-corrected chi connectivity index (χ2v) is 9.78. The van der Waals surface area contributed by atoms with Crippen molar-refractivity contribution in [1.29, 1.82) is 0 Å². The lowest BCUT2D eigenvalue weighted by molar-refractivity contribution is 0.192. The summed E-state index contributed by atoms with van der Waals surface area (Å²) in [6, 6.07) is 12.4. The molecule has 4 heterocycles. The molecule has 1 saturated heterocycles. The molecule has 0 unspecified atom stereocenters. The van der Waals surface area contributed by atoms with Crippen molar-refractivity contribution in [1.82, 2.24) is 29.6 Å². The van der Waals surface area contributed by atoms with Crippen LogP contribution in [-0.4, -0.2) is 55.8 Å². The van der Waals surface area contributed by atoms with Crippen LogP contribution in [0, 0.1) is 13.8 Å². The molecule has 0 radical (unpaired) electrons. The normalized spacial score (nSPS) is 16.2. The minimum atomic E-state index is 0.0297. The van der Waals surface area contributed by atoms with E-state index in [-0.39, 0.29) is 6.04 Å². The van der Waals surface area contributed by atoms with E-state index in [1.807, 2.05) is 53.8 Å². The van der Waals surface area contributed by atoms with Crippen molar-refractivity contribution in [2.45, 2.75) is 32.7 Å². The van der Waals surface area contributed by atoms with Gasteiger partial charge in [0.25, 0.3) is 6.01 Å². The summed E-state index contributed by atoms with van der Waals surface area (Å²) in [4.78, 5) is 20.2. The van der Waals surface area contributed by atoms with Crippen LogP contribution in [0.15, 0.2) is 52.3 Å². The Morgan fingerprint density at radius 2 is 2.00 bits per heavy atom. The highest BCUT2D eigenvalue weighted by atomic mass is 16.6. The monoisotopic (exact) mass is 526 g/mol. The summed E-state index contributed by atoms with van der Waals surface area (Å²) in [5.74, 6) is 0.731. The smallest absolute Gasteiger partial charge is 0.300 e.